The van der Waals surface area contributed by atoms with Gasteiger partial charge in [0.25, 0.3) is 0 Å². The van der Waals surface area contributed by atoms with Crippen LogP contribution in [0.2, 0.25) is 0 Å². The van der Waals surface area contributed by atoms with Crippen molar-refractivity contribution in [2.45, 2.75) is 69.7 Å². The maximum atomic E-state index is 13.0. The SMILES string of the molecule is CCOC(=O)c1c(NC(=O)CSc2nnc(-c3cccs3)n2CC2CCCO2)sc2c1CCCCC2. The molecule has 0 saturated carbocycles. The van der Waals surface area contributed by atoms with Crippen LogP contribution in [0, 0.1) is 0 Å². The molecule has 0 spiro atoms. The maximum absolute atomic E-state index is 13.0. The van der Waals surface area contributed by atoms with Gasteiger partial charge in [0, 0.05) is 11.5 Å². The molecule has 1 N–H and O–H groups in total. The third-order valence-electron chi connectivity index (χ3n) is 6.35. The topological polar surface area (TPSA) is 95.3 Å². The van der Waals surface area contributed by atoms with E-state index in [1.54, 1.807) is 18.3 Å². The highest BCUT2D eigenvalue weighted by Crippen LogP contribution is 2.38. The average Bonchev–Trinajstić information content (AvgIpc) is 3.66. The number of ether oxygens (including phenoxy) is 2. The summed E-state index contributed by atoms with van der Waals surface area (Å²) in [5.41, 5.74) is 1.59. The maximum Gasteiger partial charge on any atom is 0.341 e. The second kappa shape index (κ2) is 11.9. The zero-order chi connectivity index (χ0) is 24.9. The monoisotopic (exact) mass is 546 g/mol. The van der Waals surface area contributed by atoms with E-state index in [0.717, 1.165) is 67.8 Å². The Morgan fingerprint density at radius 1 is 1.25 bits per heavy atom. The molecule has 3 aromatic heterocycles. The van der Waals surface area contributed by atoms with Crippen molar-refractivity contribution in [2.75, 3.05) is 24.3 Å². The van der Waals surface area contributed by atoms with Gasteiger partial charge in [-0.25, -0.2) is 4.79 Å². The number of carbonyl (C=O) groups excluding carboxylic acids is 2. The quantitative estimate of drug-likeness (QED) is 0.217. The molecule has 1 fully saturated rings. The number of aryl methyl sites for hydroxylation is 1. The van der Waals surface area contributed by atoms with Gasteiger partial charge in [-0.3, -0.25) is 9.36 Å². The molecule has 1 aliphatic heterocycles. The van der Waals surface area contributed by atoms with Gasteiger partial charge in [-0.1, -0.05) is 24.2 Å². The van der Waals surface area contributed by atoms with E-state index in [1.165, 1.54) is 28.0 Å². The fourth-order valence-corrected chi connectivity index (χ4v) is 7.44. The van der Waals surface area contributed by atoms with Gasteiger partial charge in [-0.15, -0.1) is 32.9 Å². The molecule has 1 unspecified atom stereocenters. The van der Waals surface area contributed by atoms with Crippen molar-refractivity contribution in [3.05, 3.63) is 33.5 Å². The summed E-state index contributed by atoms with van der Waals surface area (Å²) in [7, 11) is 0. The van der Waals surface area contributed by atoms with Gasteiger partial charge in [0.2, 0.25) is 5.91 Å². The van der Waals surface area contributed by atoms with E-state index in [2.05, 4.69) is 20.1 Å². The number of carbonyl (C=O) groups is 2. The summed E-state index contributed by atoms with van der Waals surface area (Å²) in [6.45, 7) is 3.54. The lowest BCUT2D eigenvalue weighted by atomic mass is 10.1. The first-order valence-electron chi connectivity index (χ1n) is 12.5. The molecule has 11 heteroatoms. The van der Waals surface area contributed by atoms with Crippen molar-refractivity contribution in [3.63, 3.8) is 0 Å². The number of anilines is 1. The Morgan fingerprint density at radius 2 is 2.14 bits per heavy atom. The van der Waals surface area contributed by atoms with E-state index in [1.807, 2.05) is 17.5 Å². The van der Waals surface area contributed by atoms with Crippen LogP contribution in [0.5, 0.6) is 0 Å². The van der Waals surface area contributed by atoms with Crippen LogP contribution in [-0.2, 0) is 33.7 Å². The molecule has 2 aliphatic rings. The number of amides is 1. The third kappa shape index (κ3) is 5.69. The lowest BCUT2D eigenvalue weighted by Crippen LogP contribution is -2.19. The number of aromatic nitrogens is 3. The first kappa shape index (κ1) is 25.4. The van der Waals surface area contributed by atoms with Crippen LogP contribution in [0.15, 0.2) is 22.7 Å². The van der Waals surface area contributed by atoms with Crippen molar-refractivity contribution in [3.8, 4) is 10.7 Å². The number of nitrogens with one attached hydrogen (secondary N) is 1. The average molecular weight is 547 g/mol. The number of esters is 1. The van der Waals surface area contributed by atoms with E-state index in [0.29, 0.717) is 28.9 Å². The second-order valence-corrected chi connectivity index (χ2v) is 11.9. The standard InChI is InChI=1S/C25H30N4O4S3/c1-2-32-24(31)21-17-9-4-3-5-10-18(17)36-23(21)26-20(30)15-35-25-28-27-22(19-11-7-13-34-19)29(25)14-16-8-6-12-33-16/h7,11,13,16H,2-6,8-10,12,14-15H2,1H3,(H,26,30). The Labute approximate surface area is 222 Å². The Hall–Kier alpha value is -2.21. The Kier molecular flexibility index (Phi) is 8.40. The van der Waals surface area contributed by atoms with Crippen LogP contribution < -0.4 is 5.32 Å². The van der Waals surface area contributed by atoms with Crippen molar-refractivity contribution in [1.29, 1.82) is 0 Å². The molecular formula is C25H30N4O4S3. The van der Waals surface area contributed by atoms with Crippen LogP contribution in [-0.4, -0.2) is 51.7 Å². The van der Waals surface area contributed by atoms with Gasteiger partial charge < -0.3 is 14.8 Å². The number of rotatable bonds is 9. The molecule has 1 saturated heterocycles. The molecule has 8 nitrogen and oxygen atoms in total. The Balaban J connectivity index is 1.32. The highest BCUT2D eigenvalue weighted by molar-refractivity contribution is 7.99. The molecule has 1 aliphatic carbocycles. The van der Waals surface area contributed by atoms with Crippen molar-refractivity contribution in [2.24, 2.45) is 0 Å². The minimum Gasteiger partial charge on any atom is -0.462 e. The van der Waals surface area contributed by atoms with E-state index in [4.69, 9.17) is 9.47 Å². The smallest absolute Gasteiger partial charge is 0.341 e. The largest absolute Gasteiger partial charge is 0.462 e. The molecule has 3 aromatic rings. The predicted octanol–water partition coefficient (Wildman–Crippen LogP) is 5.42. The van der Waals surface area contributed by atoms with Gasteiger partial charge >= 0.3 is 5.97 Å². The van der Waals surface area contributed by atoms with Crippen LogP contribution in [0.4, 0.5) is 5.00 Å². The number of thiophene rings is 2. The van der Waals surface area contributed by atoms with Gasteiger partial charge in [-0.05, 0) is 62.5 Å². The van der Waals surface area contributed by atoms with Crippen molar-refractivity contribution >= 4 is 51.3 Å². The van der Waals surface area contributed by atoms with Crippen molar-refractivity contribution in [1.82, 2.24) is 14.8 Å². The van der Waals surface area contributed by atoms with Gasteiger partial charge in [0.05, 0.1) is 35.4 Å². The highest BCUT2D eigenvalue weighted by atomic mass is 32.2. The van der Waals surface area contributed by atoms with Gasteiger partial charge in [0.15, 0.2) is 11.0 Å². The molecule has 5 rings (SSSR count). The lowest BCUT2D eigenvalue weighted by Gasteiger charge is -2.14. The number of fused-ring (bicyclic) bond motifs is 1. The molecule has 0 aromatic carbocycles. The molecule has 36 heavy (non-hydrogen) atoms. The van der Waals surface area contributed by atoms with Crippen LogP contribution in [0.1, 0.15) is 59.8 Å². The number of thioether (sulfide) groups is 1. The first-order chi connectivity index (χ1) is 17.6. The number of hydrogen-bond donors (Lipinski definition) is 1. The number of nitrogens with zero attached hydrogens (tertiary/aromatic N) is 3. The van der Waals surface area contributed by atoms with E-state index < -0.39 is 0 Å². The van der Waals surface area contributed by atoms with E-state index >= 15 is 0 Å². The minimum atomic E-state index is -0.350. The fraction of sp³-hybridized carbons (Fsp3) is 0.520. The van der Waals surface area contributed by atoms with Crippen LogP contribution >= 0.6 is 34.4 Å². The summed E-state index contributed by atoms with van der Waals surface area (Å²) in [6.07, 6.45) is 7.28. The fourth-order valence-electron chi connectivity index (χ4n) is 4.68. The van der Waals surface area contributed by atoms with Crippen LogP contribution in [0.25, 0.3) is 10.7 Å². The second-order valence-electron chi connectivity index (χ2n) is 8.86. The summed E-state index contributed by atoms with van der Waals surface area (Å²) in [4.78, 5) is 28.1. The molecule has 0 radical (unpaired) electrons. The molecule has 0 bridgehead atoms. The summed E-state index contributed by atoms with van der Waals surface area (Å²) in [5.74, 6) is 0.442. The van der Waals surface area contributed by atoms with Gasteiger partial charge in [0.1, 0.15) is 5.00 Å². The number of hydrogen-bond acceptors (Lipinski definition) is 9. The summed E-state index contributed by atoms with van der Waals surface area (Å²) in [6, 6.07) is 4.02. The summed E-state index contributed by atoms with van der Waals surface area (Å²) >= 11 is 4.48. The Bertz CT molecular complexity index is 1200. The normalized spacial score (nSPS) is 17.5. The van der Waals surface area contributed by atoms with Crippen LogP contribution in [0.3, 0.4) is 0 Å². The summed E-state index contributed by atoms with van der Waals surface area (Å²) in [5, 5.41) is 15.1. The lowest BCUT2D eigenvalue weighted by molar-refractivity contribution is -0.113. The molecular weight excluding hydrogens is 517 g/mol. The first-order valence-corrected chi connectivity index (χ1v) is 15.1. The molecule has 1 atom stereocenters. The predicted molar refractivity (Wildman–Crippen MR) is 143 cm³/mol. The highest BCUT2D eigenvalue weighted by Gasteiger charge is 2.27. The van der Waals surface area contributed by atoms with Gasteiger partial charge in [-0.2, -0.15) is 0 Å². The van der Waals surface area contributed by atoms with E-state index in [-0.39, 0.29) is 23.7 Å². The Morgan fingerprint density at radius 3 is 2.92 bits per heavy atom. The van der Waals surface area contributed by atoms with Crippen molar-refractivity contribution < 1.29 is 19.1 Å². The third-order valence-corrected chi connectivity index (χ3v) is 9.39. The summed E-state index contributed by atoms with van der Waals surface area (Å²) < 4.78 is 13.3. The molecule has 192 valence electrons. The molecule has 4 heterocycles. The minimum absolute atomic E-state index is 0.126. The van der Waals surface area contributed by atoms with E-state index in [9.17, 15) is 9.59 Å². The zero-order valence-electron chi connectivity index (χ0n) is 20.3. The molecule has 1 amide bonds. The zero-order valence-corrected chi connectivity index (χ0v) is 22.7.